The molecule has 0 saturated heterocycles. The van der Waals surface area contributed by atoms with Gasteiger partial charge in [0.2, 0.25) is 0 Å². The van der Waals surface area contributed by atoms with Gasteiger partial charge in [0.25, 0.3) is 0 Å². The lowest BCUT2D eigenvalue weighted by molar-refractivity contribution is 0.0967. The van der Waals surface area contributed by atoms with E-state index in [0.29, 0.717) is 24.2 Å². The maximum atomic E-state index is 12.0. The number of carbonyl (C=O) groups excluding carboxylic acids is 1. The molecule has 4 rings (SSSR count). The van der Waals surface area contributed by atoms with Crippen LogP contribution in [0.15, 0.2) is 18.5 Å². The fourth-order valence-corrected chi connectivity index (χ4v) is 3.45. The zero-order chi connectivity index (χ0) is 19.6. The van der Waals surface area contributed by atoms with Gasteiger partial charge in [0.05, 0.1) is 24.7 Å². The SMILES string of the molecule is COCc1cnc(Nc2cc(C3CCC(OC(=O)NC4(C)CC4)C3)[nH]n2)cn1. The Labute approximate surface area is 163 Å². The second-order valence-corrected chi connectivity index (χ2v) is 7.88. The van der Waals surface area contributed by atoms with Crippen LogP contribution in [0, 0.1) is 0 Å². The van der Waals surface area contributed by atoms with Crippen molar-refractivity contribution in [3.05, 3.63) is 29.8 Å². The van der Waals surface area contributed by atoms with Crippen LogP contribution in [0.5, 0.6) is 0 Å². The lowest BCUT2D eigenvalue weighted by Gasteiger charge is -2.16. The van der Waals surface area contributed by atoms with E-state index >= 15 is 0 Å². The van der Waals surface area contributed by atoms with Crippen molar-refractivity contribution in [1.82, 2.24) is 25.5 Å². The minimum Gasteiger partial charge on any atom is -0.446 e. The van der Waals surface area contributed by atoms with Crippen molar-refractivity contribution in [2.45, 2.75) is 63.2 Å². The molecule has 2 atom stereocenters. The van der Waals surface area contributed by atoms with Crippen molar-refractivity contribution in [2.24, 2.45) is 0 Å². The lowest BCUT2D eigenvalue weighted by atomic mass is 10.0. The van der Waals surface area contributed by atoms with Crippen molar-refractivity contribution in [2.75, 3.05) is 12.4 Å². The van der Waals surface area contributed by atoms with Gasteiger partial charge in [-0.3, -0.25) is 10.1 Å². The summed E-state index contributed by atoms with van der Waals surface area (Å²) in [5.41, 5.74) is 1.75. The second-order valence-electron chi connectivity index (χ2n) is 7.88. The van der Waals surface area contributed by atoms with Crippen LogP contribution in [0.3, 0.4) is 0 Å². The fraction of sp³-hybridized carbons (Fsp3) is 0.579. The zero-order valence-electron chi connectivity index (χ0n) is 16.2. The Bertz CT molecular complexity index is 817. The molecule has 3 N–H and O–H groups in total. The van der Waals surface area contributed by atoms with E-state index in [-0.39, 0.29) is 17.7 Å². The molecule has 0 bridgehead atoms. The standard InChI is InChI=1S/C19H26N6O3/c1-19(5-6-19)23-18(26)28-14-4-3-12(7-14)15-8-16(25-24-15)22-17-10-20-13(9-21-17)11-27-2/h8-10,12,14H,3-7,11H2,1-2H3,(H,23,26)(H2,21,22,24,25). The van der Waals surface area contributed by atoms with E-state index < -0.39 is 0 Å². The molecule has 9 nitrogen and oxygen atoms in total. The van der Waals surface area contributed by atoms with E-state index in [1.165, 1.54) is 0 Å². The zero-order valence-corrected chi connectivity index (χ0v) is 16.2. The molecule has 2 aromatic heterocycles. The molecule has 9 heteroatoms. The number of aromatic nitrogens is 4. The van der Waals surface area contributed by atoms with Gasteiger partial charge in [-0.15, -0.1) is 0 Å². The highest BCUT2D eigenvalue weighted by Crippen LogP contribution is 2.37. The molecular weight excluding hydrogens is 360 g/mol. The number of nitrogens with one attached hydrogen (secondary N) is 3. The Balaban J connectivity index is 1.28. The summed E-state index contributed by atoms with van der Waals surface area (Å²) in [6.45, 7) is 2.47. The van der Waals surface area contributed by atoms with Gasteiger partial charge in [0.15, 0.2) is 5.82 Å². The molecule has 0 radical (unpaired) electrons. The highest BCUT2D eigenvalue weighted by atomic mass is 16.6. The third kappa shape index (κ3) is 4.59. The minimum atomic E-state index is -0.298. The summed E-state index contributed by atoms with van der Waals surface area (Å²) >= 11 is 0. The van der Waals surface area contributed by atoms with E-state index in [1.54, 1.807) is 19.5 Å². The molecule has 0 aliphatic heterocycles. The van der Waals surface area contributed by atoms with E-state index in [4.69, 9.17) is 9.47 Å². The first-order valence-corrected chi connectivity index (χ1v) is 9.64. The number of aromatic amines is 1. The maximum Gasteiger partial charge on any atom is 0.407 e. The van der Waals surface area contributed by atoms with Crippen LogP contribution in [0.4, 0.5) is 16.4 Å². The summed E-state index contributed by atoms with van der Waals surface area (Å²) in [5.74, 6) is 1.61. The number of ether oxygens (including phenoxy) is 2. The first-order chi connectivity index (χ1) is 13.5. The topological polar surface area (TPSA) is 114 Å². The molecule has 2 aliphatic rings. The number of nitrogens with zero attached hydrogens (tertiary/aromatic N) is 3. The molecule has 2 fully saturated rings. The van der Waals surface area contributed by atoms with Crippen LogP contribution in [-0.2, 0) is 16.1 Å². The summed E-state index contributed by atoms with van der Waals surface area (Å²) in [7, 11) is 1.62. The van der Waals surface area contributed by atoms with Gasteiger partial charge in [-0.1, -0.05) is 0 Å². The lowest BCUT2D eigenvalue weighted by Crippen LogP contribution is -2.36. The van der Waals surface area contributed by atoms with Crippen molar-refractivity contribution in [1.29, 1.82) is 0 Å². The van der Waals surface area contributed by atoms with Gasteiger partial charge in [0, 0.05) is 30.3 Å². The predicted octanol–water partition coefficient (Wildman–Crippen LogP) is 3.00. The summed E-state index contributed by atoms with van der Waals surface area (Å²) in [5, 5.41) is 13.5. The number of alkyl carbamates (subject to hydrolysis) is 1. The Hall–Kier alpha value is -2.68. The number of carbonyl (C=O) groups is 1. The highest BCUT2D eigenvalue weighted by molar-refractivity contribution is 5.69. The number of anilines is 2. The molecule has 2 aliphatic carbocycles. The summed E-state index contributed by atoms with van der Waals surface area (Å²) in [4.78, 5) is 20.6. The van der Waals surface area contributed by atoms with Gasteiger partial charge >= 0.3 is 6.09 Å². The molecular formula is C19H26N6O3. The average molecular weight is 386 g/mol. The third-order valence-corrected chi connectivity index (χ3v) is 5.35. The largest absolute Gasteiger partial charge is 0.446 e. The highest BCUT2D eigenvalue weighted by Gasteiger charge is 2.40. The van der Waals surface area contributed by atoms with E-state index in [2.05, 4.69) is 30.8 Å². The number of H-pyrrole nitrogens is 1. The number of hydrogen-bond acceptors (Lipinski definition) is 7. The van der Waals surface area contributed by atoms with Crippen LogP contribution in [0.1, 0.15) is 56.3 Å². The monoisotopic (exact) mass is 386 g/mol. The van der Waals surface area contributed by atoms with E-state index in [0.717, 1.165) is 43.5 Å². The van der Waals surface area contributed by atoms with Crippen LogP contribution in [0.25, 0.3) is 0 Å². The van der Waals surface area contributed by atoms with Gasteiger partial charge in [0.1, 0.15) is 11.9 Å². The van der Waals surface area contributed by atoms with Gasteiger partial charge in [-0.25, -0.2) is 9.78 Å². The van der Waals surface area contributed by atoms with Crippen molar-refractivity contribution >= 4 is 17.7 Å². The molecule has 2 heterocycles. The summed E-state index contributed by atoms with van der Waals surface area (Å²) in [6.07, 6.45) is 7.66. The molecule has 2 aromatic rings. The van der Waals surface area contributed by atoms with Gasteiger partial charge < -0.3 is 20.1 Å². The number of rotatable bonds is 7. The number of amides is 1. The van der Waals surface area contributed by atoms with Crippen LogP contribution < -0.4 is 10.6 Å². The van der Waals surface area contributed by atoms with Crippen molar-refractivity contribution < 1.29 is 14.3 Å². The molecule has 2 saturated carbocycles. The fourth-order valence-electron chi connectivity index (χ4n) is 3.45. The Morgan fingerprint density at radius 3 is 2.86 bits per heavy atom. The van der Waals surface area contributed by atoms with Gasteiger partial charge in [-0.2, -0.15) is 5.10 Å². The second kappa shape index (κ2) is 7.75. The third-order valence-electron chi connectivity index (χ3n) is 5.35. The maximum absolute atomic E-state index is 12.0. The van der Waals surface area contributed by atoms with E-state index in [9.17, 15) is 4.79 Å². The molecule has 1 amide bonds. The van der Waals surface area contributed by atoms with Crippen molar-refractivity contribution in [3.63, 3.8) is 0 Å². The van der Waals surface area contributed by atoms with E-state index in [1.807, 2.05) is 13.0 Å². The van der Waals surface area contributed by atoms with Crippen LogP contribution in [0.2, 0.25) is 0 Å². The number of methoxy groups -OCH3 is 1. The minimum absolute atomic E-state index is 0.0498. The molecule has 2 unspecified atom stereocenters. The molecule has 0 spiro atoms. The predicted molar refractivity (Wildman–Crippen MR) is 102 cm³/mol. The van der Waals surface area contributed by atoms with Crippen LogP contribution in [-0.4, -0.2) is 45.0 Å². The quantitative estimate of drug-likeness (QED) is 0.670. The smallest absolute Gasteiger partial charge is 0.407 e. The first-order valence-electron chi connectivity index (χ1n) is 9.64. The van der Waals surface area contributed by atoms with Crippen LogP contribution >= 0.6 is 0 Å². The first kappa shape index (κ1) is 18.7. The van der Waals surface area contributed by atoms with Crippen molar-refractivity contribution in [3.8, 4) is 0 Å². The average Bonchev–Trinajstić information content (AvgIpc) is 3.06. The molecule has 28 heavy (non-hydrogen) atoms. The Morgan fingerprint density at radius 1 is 1.29 bits per heavy atom. The Kier molecular flexibility index (Phi) is 5.17. The van der Waals surface area contributed by atoms with Gasteiger partial charge in [-0.05, 0) is 39.0 Å². The molecule has 0 aromatic carbocycles. The molecule has 150 valence electrons. The summed E-state index contributed by atoms with van der Waals surface area (Å²) in [6, 6.07) is 1.98. The Morgan fingerprint density at radius 2 is 2.14 bits per heavy atom. The summed E-state index contributed by atoms with van der Waals surface area (Å²) < 4.78 is 10.6. The normalized spacial score (nSPS) is 22.6. The number of hydrogen-bond donors (Lipinski definition) is 3.